The van der Waals surface area contributed by atoms with Crippen LogP contribution < -0.4 is 4.90 Å². The molecule has 2 amide bonds. The Morgan fingerprint density at radius 1 is 1.30 bits per heavy atom. The van der Waals surface area contributed by atoms with Crippen molar-refractivity contribution < 1.29 is 9.53 Å². The summed E-state index contributed by atoms with van der Waals surface area (Å²) < 4.78 is 6.02. The Morgan fingerprint density at radius 3 is 2.63 bits per heavy atom. The number of hydrogen-bond donors (Lipinski definition) is 0. The largest absolute Gasteiger partial charge is 0.463 e. The number of rotatable bonds is 4. The Balaban J connectivity index is 1.79. The fourth-order valence-electron chi connectivity index (χ4n) is 2.72. The fourth-order valence-corrected chi connectivity index (χ4v) is 3.94. The molecule has 2 aromatic rings. The zero-order valence-corrected chi connectivity index (χ0v) is 17.6. The minimum Gasteiger partial charge on any atom is -0.463 e. The molecule has 1 unspecified atom stereocenters. The van der Waals surface area contributed by atoms with E-state index in [2.05, 4.69) is 31.0 Å². The summed E-state index contributed by atoms with van der Waals surface area (Å²) in [5.74, 6) is 0. The van der Waals surface area contributed by atoms with Gasteiger partial charge in [0.15, 0.2) is 11.3 Å². The predicted molar refractivity (Wildman–Crippen MR) is 111 cm³/mol. The molecule has 0 N–H and O–H groups in total. The van der Waals surface area contributed by atoms with E-state index in [1.54, 1.807) is 16.8 Å². The molecule has 8 heteroatoms. The van der Waals surface area contributed by atoms with E-state index < -0.39 is 6.23 Å². The molecule has 3 rings (SSSR count). The Labute approximate surface area is 169 Å². The van der Waals surface area contributed by atoms with Gasteiger partial charge in [0, 0.05) is 31.8 Å². The SMILES string of the molecule is CN1CCC(OC(=S)Cc2ccccc2)N(c2nnc(C(C)(C)C)s2)C1=O. The van der Waals surface area contributed by atoms with Gasteiger partial charge in [-0.3, -0.25) is 0 Å². The van der Waals surface area contributed by atoms with Crippen molar-refractivity contribution in [1.82, 2.24) is 15.1 Å². The Morgan fingerprint density at radius 2 is 2.00 bits per heavy atom. The van der Waals surface area contributed by atoms with Crippen LogP contribution in [0.1, 0.15) is 37.8 Å². The van der Waals surface area contributed by atoms with Crippen LogP contribution in [0.3, 0.4) is 0 Å². The first kappa shape index (κ1) is 19.7. The molecule has 27 heavy (non-hydrogen) atoms. The van der Waals surface area contributed by atoms with Gasteiger partial charge in [0.25, 0.3) is 0 Å². The Hall–Kier alpha value is -2.06. The van der Waals surface area contributed by atoms with Crippen molar-refractivity contribution in [3.8, 4) is 0 Å². The van der Waals surface area contributed by atoms with Crippen molar-refractivity contribution in [2.24, 2.45) is 0 Å². The zero-order valence-electron chi connectivity index (χ0n) is 16.0. The van der Waals surface area contributed by atoms with Gasteiger partial charge in [0.05, 0.1) is 0 Å². The summed E-state index contributed by atoms with van der Waals surface area (Å²) in [6.07, 6.45) is 0.723. The number of thiocarbonyl (C=S) groups is 1. The molecule has 1 aromatic heterocycles. The van der Waals surface area contributed by atoms with Crippen LogP contribution in [0.2, 0.25) is 0 Å². The Kier molecular flexibility index (Phi) is 5.76. The molecule has 0 bridgehead atoms. The summed E-state index contributed by atoms with van der Waals surface area (Å²) in [7, 11) is 1.78. The monoisotopic (exact) mass is 404 g/mol. The van der Waals surface area contributed by atoms with E-state index in [9.17, 15) is 4.79 Å². The maximum atomic E-state index is 12.8. The maximum Gasteiger partial charge on any atom is 0.329 e. The van der Waals surface area contributed by atoms with Crippen LogP contribution in [0, 0.1) is 0 Å². The molecule has 1 aromatic carbocycles. The second-order valence-corrected chi connectivity index (χ2v) is 9.02. The van der Waals surface area contributed by atoms with Crippen LogP contribution in [0.25, 0.3) is 0 Å². The lowest BCUT2D eigenvalue weighted by Gasteiger charge is -2.37. The summed E-state index contributed by atoms with van der Waals surface area (Å²) in [5, 5.41) is 10.4. The average Bonchev–Trinajstić information content (AvgIpc) is 3.09. The molecule has 0 spiro atoms. The lowest BCUT2D eigenvalue weighted by Crippen LogP contribution is -2.54. The Bertz CT molecular complexity index is 817. The minimum atomic E-state index is -0.467. The maximum absolute atomic E-state index is 12.8. The van der Waals surface area contributed by atoms with Crippen molar-refractivity contribution in [2.75, 3.05) is 18.5 Å². The van der Waals surface area contributed by atoms with E-state index in [0.717, 1.165) is 10.6 Å². The highest BCUT2D eigenvalue weighted by Gasteiger charge is 2.37. The first-order valence-electron chi connectivity index (χ1n) is 8.87. The number of nitrogens with zero attached hydrogens (tertiary/aromatic N) is 4. The van der Waals surface area contributed by atoms with Gasteiger partial charge in [0.2, 0.25) is 5.13 Å². The molecule has 0 radical (unpaired) electrons. The quantitative estimate of drug-likeness (QED) is 0.721. The summed E-state index contributed by atoms with van der Waals surface area (Å²) >= 11 is 6.87. The third kappa shape index (κ3) is 4.62. The smallest absolute Gasteiger partial charge is 0.329 e. The number of anilines is 1. The van der Waals surface area contributed by atoms with Gasteiger partial charge < -0.3 is 9.64 Å². The molecule has 2 heterocycles. The highest BCUT2D eigenvalue weighted by molar-refractivity contribution is 7.80. The molecular weight excluding hydrogens is 380 g/mol. The summed E-state index contributed by atoms with van der Waals surface area (Å²) in [6.45, 7) is 6.83. The molecule has 1 fully saturated rings. The molecular formula is C19H24N4O2S2. The van der Waals surface area contributed by atoms with Crippen molar-refractivity contribution in [3.05, 3.63) is 40.9 Å². The van der Waals surface area contributed by atoms with Gasteiger partial charge >= 0.3 is 6.03 Å². The van der Waals surface area contributed by atoms with E-state index in [4.69, 9.17) is 17.0 Å². The molecule has 0 saturated carbocycles. The number of ether oxygens (including phenoxy) is 1. The van der Waals surface area contributed by atoms with Crippen molar-refractivity contribution in [3.63, 3.8) is 0 Å². The fraction of sp³-hybridized carbons (Fsp3) is 0.474. The van der Waals surface area contributed by atoms with Crippen LogP contribution in [-0.2, 0) is 16.6 Å². The molecule has 6 nitrogen and oxygen atoms in total. The van der Waals surface area contributed by atoms with Crippen molar-refractivity contribution in [2.45, 2.75) is 45.3 Å². The average molecular weight is 405 g/mol. The summed E-state index contributed by atoms with van der Waals surface area (Å²) in [4.78, 5) is 16.0. The van der Waals surface area contributed by atoms with Crippen LogP contribution in [0.15, 0.2) is 30.3 Å². The molecule has 1 atom stereocenters. The summed E-state index contributed by atoms with van der Waals surface area (Å²) in [6, 6.07) is 9.77. The lowest BCUT2D eigenvalue weighted by atomic mass is 9.98. The van der Waals surface area contributed by atoms with E-state index >= 15 is 0 Å². The van der Waals surface area contributed by atoms with Gasteiger partial charge in [-0.2, -0.15) is 0 Å². The van der Waals surface area contributed by atoms with Gasteiger partial charge in [-0.1, -0.05) is 62.4 Å². The number of urea groups is 1. The highest BCUT2D eigenvalue weighted by atomic mass is 32.1. The highest BCUT2D eigenvalue weighted by Crippen LogP contribution is 2.33. The van der Waals surface area contributed by atoms with Crippen LogP contribution in [0.5, 0.6) is 0 Å². The molecule has 144 valence electrons. The number of carbonyl (C=O) groups excluding carboxylic acids is 1. The minimum absolute atomic E-state index is 0.125. The normalized spacial score (nSPS) is 17.9. The van der Waals surface area contributed by atoms with Crippen molar-refractivity contribution in [1.29, 1.82) is 0 Å². The van der Waals surface area contributed by atoms with Gasteiger partial charge in [-0.25, -0.2) is 9.69 Å². The second-order valence-electron chi connectivity index (χ2n) is 7.61. The van der Waals surface area contributed by atoms with Crippen LogP contribution in [-0.4, -0.2) is 46.0 Å². The lowest BCUT2D eigenvalue weighted by molar-refractivity contribution is 0.126. The number of aromatic nitrogens is 2. The van der Waals surface area contributed by atoms with Gasteiger partial charge in [-0.15, -0.1) is 10.2 Å². The third-order valence-corrected chi connectivity index (χ3v) is 5.84. The number of benzene rings is 1. The molecule has 1 aliphatic heterocycles. The third-order valence-electron chi connectivity index (χ3n) is 4.25. The molecule has 1 aliphatic rings. The van der Waals surface area contributed by atoms with E-state index in [0.29, 0.717) is 29.6 Å². The second kappa shape index (κ2) is 7.90. The predicted octanol–water partition coefficient (Wildman–Crippen LogP) is 4.01. The van der Waals surface area contributed by atoms with Gasteiger partial charge in [-0.05, 0) is 17.8 Å². The number of amides is 2. The first-order chi connectivity index (χ1) is 12.8. The topological polar surface area (TPSA) is 58.6 Å². The van der Waals surface area contributed by atoms with Gasteiger partial charge in [0.1, 0.15) is 5.01 Å². The standard InChI is InChI=1S/C19H24N4O2S2/c1-19(2,3)16-20-21-17(27-16)23-14(10-11-22(4)18(23)24)25-15(26)12-13-8-6-5-7-9-13/h5-9,14H,10-12H2,1-4H3. The first-order valence-corrected chi connectivity index (χ1v) is 10.1. The van der Waals surface area contributed by atoms with E-state index in [1.807, 2.05) is 30.3 Å². The van der Waals surface area contributed by atoms with Crippen LogP contribution >= 0.6 is 23.6 Å². The van der Waals surface area contributed by atoms with E-state index in [1.165, 1.54) is 11.3 Å². The van der Waals surface area contributed by atoms with Crippen molar-refractivity contribution >= 4 is 39.8 Å². The van der Waals surface area contributed by atoms with E-state index in [-0.39, 0.29) is 11.4 Å². The van der Waals surface area contributed by atoms with Crippen LogP contribution in [0.4, 0.5) is 9.93 Å². The molecule has 0 aliphatic carbocycles. The zero-order chi connectivity index (χ0) is 19.6. The molecule has 1 saturated heterocycles. The number of hydrogen-bond acceptors (Lipinski definition) is 6. The number of carbonyl (C=O) groups is 1. The summed E-state index contributed by atoms with van der Waals surface area (Å²) in [5.41, 5.74) is 0.957.